The van der Waals surface area contributed by atoms with Crippen molar-refractivity contribution in [1.82, 2.24) is 15.1 Å². The molecule has 5 heteroatoms. The second kappa shape index (κ2) is 6.73. The summed E-state index contributed by atoms with van der Waals surface area (Å²) in [5.41, 5.74) is 2.19. The van der Waals surface area contributed by atoms with Gasteiger partial charge in [0.2, 0.25) is 0 Å². The topological polar surface area (TPSA) is 62.9 Å². The van der Waals surface area contributed by atoms with E-state index in [1.807, 2.05) is 49.6 Å². The van der Waals surface area contributed by atoms with Crippen LogP contribution in [0.15, 0.2) is 36.5 Å². The number of nitrogens with one attached hydrogen (secondary N) is 1. The Hall–Kier alpha value is -2.32. The summed E-state index contributed by atoms with van der Waals surface area (Å²) in [7, 11) is 1.91. The second-order valence-electron chi connectivity index (χ2n) is 4.60. The Morgan fingerprint density at radius 3 is 2.70 bits per heavy atom. The fourth-order valence-electron chi connectivity index (χ4n) is 1.90. The maximum absolute atomic E-state index is 8.46. The summed E-state index contributed by atoms with van der Waals surface area (Å²) in [5.74, 6) is 0.715. The Labute approximate surface area is 118 Å². The molecule has 1 aromatic carbocycles. The molecule has 1 N–H and O–H groups in total. The molecule has 20 heavy (non-hydrogen) atoms. The van der Waals surface area contributed by atoms with Crippen LogP contribution in [0.1, 0.15) is 24.2 Å². The van der Waals surface area contributed by atoms with Crippen molar-refractivity contribution < 1.29 is 4.74 Å². The fraction of sp³-hybridized carbons (Fsp3) is 0.333. The summed E-state index contributed by atoms with van der Waals surface area (Å²) in [6.45, 7) is 2.91. The molecule has 0 aliphatic heterocycles. The first-order valence-electron chi connectivity index (χ1n) is 6.50. The summed E-state index contributed by atoms with van der Waals surface area (Å²) in [6, 6.07) is 11.9. The van der Waals surface area contributed by atoms with Crippen LogP contribution < -0.4 is 10.1 Å². The van der Waals surface area contributed by atoms with Crippen molar-refractivity contribution in [3.8, 4) is 11.8 Å². The number of hydrogen-bond acceptors (Lipinski definition) is 4. The smallest absolute Gasteiger partial charge is 0.174 e. The van der Waals surface area contributed by atoms with E-state index < -0.39 is 0 Å². The van der Waals surface area contributed by atoms with Gasteiger partial charge in [0.15, 0.2) is 6.61 Å². The van der Waals surface area contributed by atoms with E-state index in [2.05, 4.69) is 17.3 Å². The van der Waals surface area contributed by atoms with Gasteiger partial charge in [0.1, 0.15) is 11.8 Å². The predicted octanol–water partition coefficient (Wildman–Crippen LogP) is 2.17. The summed E-state index contributed by atoms with van der Waals surface area (Å²) in [6.07, 6.45) is 1.93. The molecule has 1 unspecified atom stereocenters. The normalized spacial score (nSPS) is 11.8. The van der Waals surface area contributed by atoms with Gasteiger partial charge >= 0.3 is 0 Å². The van der Waals surface area contributed by atoms with Crippen LogP contribution in [-0.2, 0) is 13.6 Å². The molecule has 0 saturated heterocycles. The molecule has 5 nitrogen and oxygen atoms in total. The molecular weight excluding hydrogens is 252 g/mol. The molecule has 0 radical (unpaired) electrons. The molecule has 0 saturated carbocycles. The van der Waals surface area contributed by atoms with Crippen LogP contribution in [0.25, 0.3) is 0 Å². The van der Waals surface area contributed by atoms with Crippen molar-refractivity contribution >= 4 is 0 Å². The fourth-order valence-corrected chi connectivity index (χ4v) is 1.90. The average molecular weight is 270 g/mol. The quantitative estimate of drug-likeness (QED) is 0.873. The zero-order valence-corrected chi connectivity index (χ0v) is 11.7. The van der Waals surface area contributed by atoms with Crippen molar-refractivity contribution in [2.45, 2.75) is 19.5 Å². The van der Waals surface area contributed by atoms with E-state index >= 15 is 0 Å². The number of hydrogen-bond donors (Lipinski definition) is 1. The number of aromatic nitrogens is 2. The Morgan fingerprint density at radius 1 is 1.35 bits per heavy atom. The Balaban J connectivity index is 1.88. The highest BCUT2D eigenvalue weighted by molar-refractivity contribution is 5.29. The minimum absolute atomic E-state index is 0.0762. The average Bonchev–Trinajstić information content (AvgIpc) is 2.89. The van der Waals surface area contributed by atoms with Crippen LogP contribution >= 0.6 is 0 Å². The van der Waals surface area contributed by atoms with Crippen molar-refractivity contribution in [2.24, 2.45) is 7.05 Å². The minimum atomic E-state index is 0.0762. The van der Waals surface area contributed by atoms with Gasteiger partial charge in [0.05, 0.1) is 5.69 Å². The van der Waals surface area contributed by atoms with Gasteiger partial charge in [-0.25, -0.2) is 0 Å². The Kier molecular flexibility index (Phi) is 4.75. The molecular formula is C15H18N4O. The van der Waals surface area contributed by atoms with E-state index in [1.54, 1.807) is 4.68 Å². The highest BCUT2D eigenvalue weighted by Crippen LogP contribution is 2.17. The zero-order chi connectivity index (χ0) is 14.4. The monoisotopic (exact) mass is 270 g/mol. The predicted molar refractivity (Wildman–Crippen MR) is 76.0 cm³/mol. The van der Waals surface area contributed by atoms with Crippen molar-refractivity contribution in [2.75, 3.05) is 6.61 Å². The number of aryl methyl sites for hydroxylation is 1. The van der Waals surface area contributed by atoms with Gasteiger partial charge in [-0.15, -0.1) is 0 Å². The lowest BCUT2D eigenvalue weighted by Gasteiger charge is -2.14. The van der Waals surface area contributed by atoms with Gasteiger partial charge in [-0.3, -0.25) is 4.68 Å². The van der Waals surface area contributed by atoms with Crippen molar-refractivity contribution in [3.05, 3.63) is 47.8 Å². The van der Waals surface area contributed by atoms with Crippen molar-refractivity contribution in [3.63, 3.8) is 0 Å². The Morgan fingerprint density at radius 2 is 2.10 bits per heavy atom. The second-order valence-corrected chi connectivity index (χ2v) is 4.60. The van der Waals surface area contributed by atoms with E-state index in [9.17, 15) is 0 Å². The molecule has 0 fully saturated rings. The number of nitriles is 1. The van der Waals surface area contributed by atoms with Gasteiger partial charge in [0, 0.05) is 25.8 Å². The van der Waals surface area contributed by atoms with E-state index in [0.29, 0.717) is 5.75 Å². The van der Waals surface area contributed by atoms with Crippen LogP contribution in [-0.4, -0.2) is 16.4 Å². The number of rotatable bonds is 6. The molecule has 1 atom stereocenters. The van der Waals surface area contributed by atoms with E-state index in [4.69, 9.17) is 10.00 Å². The largest absolute Gasteiger partial charge is 0.479 e. The summed E-state index contributed by atoms with van der Waals surface area (Å²) >= 11 is 0. The molecule has 104 valence electrons. The molecule has 0 aliphatic carbocycles. The minimum Gasteiger partial charge on any atom is -0.479 e. The number of ether oxygens (including phenoxy) is 1. The number of benzene rings is 1. The molecule has 2 aromatic rings. The van der Waals surface area contributed by atoms with Crippen LogP contribution in [0.2, 0.25) is 0 Å². The first-order chi connectivity index (χ1) is 9.69. The third-order valence-electron chi connectivity index (χ3n) is 3.04. The van der Waals surface area contributed by atoms with E-state index in [-0.39, 0.29) is 12.6 Å². The molecule has 0 bridgehead atoms. The lowest BCUT2D eigenvalue weighted by Crippen LogP contribution is -2.18. The third kappa shape index (κ3) is 3.84. The molecule has 0 aliphatic rings. The van der Waals surface area contributed by atoms with Crippen LogP contribution in [0.5, 0.6) is 5.75 Å². The summed E-state index contributed by atoms with van der Waals surface area (Å²) in [4.78, 5) is 0. The molecule has 1 aromatic heterocycles. The van der Waals surface area contributed by atoms with Gasteiger partial charge in [-0.1, -0.05) is 12.1 Å². The van der Waals surface area contributed by atoms with Crippen LogP contribution in [0.3, 0.4) is 0 Å². The first-order valence-corrected chi connectivity index (χ1v) is 6.50. The highest BCUT2D eigenvalue weighted by Gasteiger charge is 2.06. The van der Waals surface area contributed by atoms with Gasteiger partial charge in [-0.05, 0) is 30.7 Å². The van der Waals surface area contributed by atoms with Gasteiger partial charge in [-0.2, -0.15) is 10.4 Å². The lowest BCUT2D eigenvalue weighted by molar-refractivity contribution is 0.368. The summed E-state index contributed by atoms with van der Waals surface area (Å²) in [5, 5.41) is 16.2. The van der Waals surface area contributed by atoms with Crippen molar-refractivity contribution in [1.29, 1.82) is 5.26 Å². The number of nitrogens with zero attached hydrogens (tertiary/aromatic N) is 3. The van der Waals surface area contributed by atoms with E-state index in [0.717, 1.165) is 12.2 Å². The first kappa shape index (κ1) is 14.1. The maximum atomic E-state index is 8.46. The zero-order valence-electron chi connectivity index (χ0n) is 11.7. The summed E-state index contributed by atoms with van der Waals surface area (Å²) < 4.78 is 7.02. The molecule has 0 amide bonds. The lowest BCUT2D eigenvalue weighted by atomic mass is 10.1. The maximum Gasteiger partial charge on any atom is 0.174 e. The van der Waals surface area contributed by atoms with Gasteiger partial charge in [0.25, 0.3) is 0 Å². The standard InChI is InChI=1S/C15H18N4O/c1-12(17-11-14-7-9-19(2)18-14)13-3-5-15(6-4-13)20-10-8-16/h3-7,9,12,17H,10-11H2,1-2H3. The SMILES string of the molecule is CC(NCc1ccn(C)n1)c1ccc(OCC#N)cc1. The van der Waals surface area contributed by atoms with Crippen LogP contribution in [0, 0.1) is 11.3 Å². The van der Waals surface area contributed by atoms with E-state index in [1.165, 1.54) is 5.56 Å². The molecule has 0 spiro atoms. The highest BCUT2D eigenvalue weighted by atomic mass is 16.5. The third-order valence-corrected chi connectivity index (χ3v) is 3.04. The van der Waals surface area contributed by atoms with Gasteiger partial charge < -0.3 is 10.1 Å². The molecule has 2 rings (SSSR count). The van der Waals surface area contributed by atoms with Crippen LogP contribution in [0.4, 0.5) is 0 Å². The molecule has 1 heterocycles. The Bertz CT molecular complexity index is 583.